The molecule has 0 bridgehead atoms. The Labute approximate surface area is 193 Å². The van der Waals surface area contributed by atoms with Gasteiger partial charge in [-0.25, -0.2) is 12.7 Å². The maximum absolute atomic E-state index is 12.8. The fourth-order valence-corrected chi connectivity index (χ4v) is 5.57. The van der Waals surface area contributed by atoms with Crippen molar-refractivity contribution in [2.75, 3.05) is 13.6 Å². The first-order chi connectivity index (χ1) is 15.3. The highest BCUT2D eigenvalue weighted by molar-refractivity contribution is 7.89. The Kier molecular flexibility index (Phi) is 7.67. The lowest BCUT2D eigenvalue weighted by molar-refractivity contribution is 0.0998. The van der Waals surface area contributed by atoms with Gasteiger partial charge in [0.2, 0.25) is 10.0 Å². The van der Waals surface area contributed by atoms with Crippen molar-refractivity contribution in [1.82, 2.24) is 8.87 Å². The predicted molar refractivity (Wildman–Crippen MR) is 129 cm³/mol. The van der Waals surface area contributed by atoms with Crippen molar-refractivity contribution in [2.45, 2.75) is 44.6 Å². The van der Waals surface area contributed by atoms with Gasteiger partial charge in [0.15, 0.2) is 4.80 Å². The molecular weight excluding hydrogens is 442 g/mol. The van der Waals surface area contributed by atoms with Gasteiger partial charge in [-0.05, 0) is 54.8 Å². The summed E-state index contributed by atoms with van der Waals surface area (Å²) in [7, 11) is -2.02. The number of aryl methyl sites for hydroxylation is 1. The van der Waals surface area contributed by atoms with Gasteiger partial charge >= 0.3 is 0 Å². The second-order valence-electron chi connectivity index (χ2n) is 7.45. The number of aromatic nitrogens is 1. The molecule has 0 saturated heterocycles. The molecular formula is C24H27N3O3S2. The fraction of sp³-hybridized carbons (Fsp3) is 0.333. The van der Waals surface area contributed by atoms with Gasteiger partial charge in [-0.15, -0.1) is 6.42 Å². The number of hydrogen-bond acceptors (Lipinski definition) is 4. The van der Waals surface area contributed by atoms with E-state index < -0.39 is 15.9 Å². The molecule has 0 aliphatic rings. The molecule has 0 saturated carbocycles. The molecule has 0 unspecified atom stereocenters. The molecule has 1 aromatic heterocycles. The number of rotatable bonds is 8. The molecule has 0 aliphatic heterocycles. The van der Waals surface area contributed by atoms with Crippen molar-refractivity contribution in [1.29, 1.82) is 0 Å². The Morgan fingerprint density at radius 2 is 1.91 bits per heavy atom. The highest BCUT2D eigenvalue weighted by atomic mass is 32.2. The van der Waals surface area contributed by atoms with Crippen LogP contribution in [0.3, 0.4) is 0 Å². The Bertz CT molecular complexity index is 1330. The van der Waals surface area contributed by atoms with Crippen LogP contribution < -0.4 is 4.80 Å². The summed E-state index contributed by atoms with van der Waals surface area (Å²) < 4.78 is 29.5. The lowest BCUT2D eigenvalue weighted by Crippen LogP contribution is -2.27. The molecule has 6 nitrogen and oxygen atoms in total. The highest BCUT2D eigenvalue weighted by Crippen LogP contribution is 2.20. The topological polar surface area (TPSA) is 71.7 Å². The van der Waals surface area contributed by atoms with Crippen LogP contribution in [0.15, 0.2) is 52.4 Å². The molecule has 0 radical (unpaired) electrons. The van der Waals surface area contributed by atoms with E-state index in [2.05, 4.69) is 23.9 Å². The minimum atomic E-state index is -3.58. The van der Waals surface area contributed by atoms with Crippen molar-refractivity contribution >= 4 is 37.5 Å². The Balaban J connectivity index is 1.94. The molecule has 0 spiro atoms. The Hall–Kier alpha value is -2.73. The molecule has 168 valence electrons. The number of terminal acetylenes is 1. The summed E-state index contributed by atoms with van der Waals surface area (Å²) in [6.45, 7) is 4.86. The van der Waals surface area contributed by atoms with Crippen LogP contribution in [0.25, 0.3) is 10.2 Å². The van der Waals surface area contributed by atoms with Crippen LogP contribution in [0.1, 0.15) is 42.6 Å². The first kappa shape index (κ1) is 23.9. The summed E-state index contributed by atoms with van der Waals surface area (Å²) in [4.78, 5) is 17.8. The molecule has 1 heterocycles. The zero-order valence-corrected chi connectivity index (χ0v) is 20.2. The predicted octanol–water partition coefficient (Wildman–Crippen LogP) is 4.06. The number of benzene rings is 2. The number of carbonyl (C=O) groups is 1. The highest BCUT2D eigenvalue weighted by Gasteiger charge is 2.20. The number of hydrogen-bond donors (Lipinski definition) is 0. The van der Waals surface area contributed by atoms with Gasteiger partial charge in [0.1, 0.15) is 0 Å². The number of fused-ring (bicyclic) bond motifs is 1. The van der Waals surface area contributed by atoms with Gasteiger partial charge in [0, 0.05) is 19.2 Å². The lowest BCUT2D eigenvalue weighted by atomic mass is 10.2. The van der Waals surface area contributed by atoms with E-state index in [4.69, 9.17) is 6.42 Å². The first-order valence-corrected chi connectivity index (χ1v) is 12.8. The van der Waals surface area contributed by atoms with Crippen molar-refractivity contribution in [3.8, 4) is 12.3 Å². The van der Waals surface area contributed by atoms with Gasteiger partial charge < -0.3 is 4.57 Å². The summed E-state index contributed by atoms with van der Waals surface area (Å²) in [6.07, 6.45) is 8.15. The van der Waals surface area contributed by atoms with Gasteiger partial charge in [-0.3, -0.25) is 4.79 Å². The van der Waals surface area contributed by atoms with Crippen LogP contribution in [0, 0.1) is 12.3 Å². The quantitative estimate of drug-likeness (QED) is 0.467. The summed E-state index contributed by atoms with van der Waals surface area (Å²) >= 11 is 1.41. The second-order valence-corrected chi connectivity index (χ2v) is 10.5. The van der Waals surface area contributed by atoms with Crippen LogP contribution in [0.5, 0.6) is 0 Å². The van der Waals surface area contributed by atoms with Crippen LogP contribution in [0.4, 0.5) is 0 Å². The van der Waals surface area contributed by atoms with Gasteiger partial charge in [0.05, 0.1) is 21.7 Å². The molecule has 0 fully saturated rings. The maximum Gasteiger partial charge on any atom is 0.279 e. The number of amides is 1. The van der Waals surface area contributed by atoms with Crippen molar-refractivity contribution < 1.29 is 13.2 Å². The summed E-state index contributed by atoms with van der Waals surface area (Å²) in [5.74, 6) is 2.18. The van der Waals surface area contributed by atoms with Gasteiger partial charge in [0.25, 0.3) is 5.91 Å². The zero-order valence-electron chi connectivity index (χ0n) is 18.5. The molecule has 1 amide bonds. The smallest absolute Gasteiger partial charge is 0.279 e. The molecule has 3 aromatic rings. The van der Waals surface area contributed by atoms with Crippen LogP contribution in [-0.4, -0.2) is 36.8 Å². The van der Waals surface area contributed by atoms with E-state index in [1.54, 1.807) is 7.05 Å². The van der Waals surface area contributed by atoms with Crippen LogP contribution in [-0.2, 0) is 23.0 Å². The third kappa shape index (κ3) is 5.01. The molecule has 2 aromatic carbocycles. The minimum Gasteiger partial charge on any atom is -0.305 e. The number of nitrogens with zero attached hydrogens (tertiary/aromatic N) is 3. The number of thiazole rings is 1. The molecule has 0 aliphatic carbocycles. The van der Waals surface area contributed by atoms with E-state index in [0.717, 1.165) is 29.5 Å². The number of unbranched alkanes of at least 4 members (excludes halogenated alkanes) is 1. The third-order valence-corrected chi connectivity index (χ3v) is 8.15. The standard InChI is InChI=1S/C24H27N3O3S2/c1-5-8-16-26(4)32(29,30)20-12-10-19(11-13-20)23(28)25-24-27(15-6-2)21-14-9-18(7-3)17-22(21)31-24/h2,9-14,17H,5,7-8,15-16H2,1,3-4H3. The second kappa shape index (κ2) is 10.3. The average Bonchev–Trinajstić information content (AvgIpc) is 3.13. The minimum absolute atomic E-state index is 0.156. The zero-order chi connectivity index (χ0) is 23.3. The van der Waals surface area contributed by atoms with Crippen LogP contribution >= 0.6 is 11.3 Å². The summed E-state index contributed by atoms with van der Waals surface area (Å²) in [5, 5.41) is 0. The molecule has 0 N–H and O–H groups in total. The largest absolute Gasteiger partial charge is 0.305 e. The normalized spacial score (nSPS) is 12.4. The Morgan fingerprint density at radius 3 is 2.53 bits per heavy atom. The fourth-order valence-electron chi connectivity index (χ4n) is 3.27. The molecule has 3 rings (SSSR count). The van der Waals surface area contributed by atoms with Gasteiger partial charge in [-0.2, -0.15) is 4.99 Å². The number of carbonyl (C=O) groups excluding carboxylic acids is 1. The lowest BCUT2D eigenvalue weighted by Gasteiger charge is -2.16. The SMILES string of the molecule is C#CCn1c(=NC(=O)c2ccc(S(=O)(=O)N(C)CCCC)cc2)sc2cc(CC)ccc21. The summed E-state index contributed by atoms with van der Waals surface area (Å²) in [5.41, 5.74) is 2.46. The third-order valence-electron chi connectivity index (χ3n) is 5.24. The van der Waals surface area contributed by atoms with E-state index >= 15 is 0 Å². The molecule has 0 atom stereocenters. The molecule has 8 heteroatoms. The molecule has 32 heavy (non-hydrogen) atoms. The summed E-state index contributed by atoms with van der Waals surface area (Å²) in [6, 6.07) is 12.0. The van der Waals surface area contributed by atoms with Crippen molar-refractivity contribution in [2.24, 2.45) is 4.99 Å². The number of sulfonamides is 1. The van der Waals surface area contributed by atoms with E-state index in [1.807, 2.05) is 23.6 Å². The van der Waals surface area contributed by atoms with E-state index in [-0.39, 0.29) is 4.90 Å². The van der Waals surface area contributed by atoms with Crippen LogP contribution in [0.2, 0.25) is 0 Å². The maximum atomic E-state index is 12.8. The van der Waals surface area contributed by atoms with E-state index in [1.165, 1.54) is 45.5 Å². The monoisotopic (exact) mass is 469 g/mol. The van der Waals surface area contributed by atoms with Crippen molar-refractivity contribution in [3.05, 3.63) is 58.4 Å². The van der Waals surface area contributed by atoms with E-state index in [0.29, 0.717) is 23.5 Å². The van der Waals surface area contributed by atoms with Crippen molar-refractivity contribution in [3.63, 3.8) is 0 Å². The van der Waals surface area contributed by atoms with Gasteiger partial charge in [-0.1, -0.05) is 43.6 Å². The Morgan fingerprint density at radius 1 is 1.19 bits per heavy atom. The average molecular weight is 470 g/mol. The van der Waals surface area contributed by atoms with E-state index in [9.17, 15) is 13.2 Å². The first-order valence-electron chi connectivity index (χ1n) is 10.5.